The molecule has 12 heteroatoms. The minimum atomic E-state index is -1.26. The van der Waals surface area contributed by atoms with Gasteiger partial charge < -0.3 is 36.5 Å². The number of benzene rings is 1. The fraction of sp³-hybridized carbons (Fsp3) is 0.286. The first-order valence-electron chi connectivity index (χ1n) is 10.0. The Kier molecular flexibility index (Phi) is 6.66. The number of nitrogens with one attached hydrogen (secondary N) is 1. The molecule has 0 radical (unpaired) electrons. The molecule has 0 spiro atoms. The van der Waals surface area contributed by atoms with Crippen molar-refractivity contribution in [2.45, 2.75) is 25.4 Å². The van der Waals surface area contributed by atoms with Gasteiger partial charge >= 0.3 is 11.9 Å². The second-order valence-electron chi connectivity index (χ2n) is 7.61. The van der Waals surface area contributed by atoms with Crippen molar-refractivity contribution >= 4 is 46.3 Å². The predicted octanol–water partition coefficient (Wildman–Crippen LogP) is 1.15. The fourth-order valence-electron chi connectivity index (χ4n) is 3.56. The number of carbonyl (C=O) groups excluding carboxylic acids is 1. The Bertz CT molecular complexity index is 1190. The quantitative estimate of drug-likeness (QED) is 0.312. The van der Waals surface area contributed by atoms with E-state index in [1.54, 1.807) is 30.5 Å². The van der Waals surface area contributed by atoms with E-state index in [4.69, 9.17) is 16.6 Å². The molecule has 0 saturated carbocycles. The highest BCUT2D eigenvalue weighted by Crippen LogP contribution is 2.25. The summed E-state index contributed by atoms with van der Waals surface area (Å²) >= 11 is 0. The van der Waals surface area contributed by atoms with Crippen LogP contribution in [0, 0.1) is 0 Å². The van der Waals surface area contributed by atoms with E-state index in [2.05, 4.69) is 15.0 Å². The van der Waals surface area contributed by atoms with Gasteiger partial charge in [-0.25, -0.2) is 4.79 Å². The maximum atomic E-state index is 12.7. The van der Waals surface area contributed by atoms with Crippen LogP contribution in [-0.4, -0.2) is 68.0 Å². The summed E-state index contributed by atoms with van der Waals surface area (Å²) in [6, 6.07) is 5.42. The zero-order valence-corrected chi connectivity index (χ0v) is 18.1. The normalized spacial score (nSPS) is 11.8. The minimum absolute atomic E-state index is 0.0834. The van der Waals surface area contributed by atoms with E-state index in [9.17, 15) is 19.5 Å². The molecule has 1 amide bonds. The van der Waals surface area contributed by atoms with Gasteiger partial charge in [0.05, 0.1) is 5.39 Å². The molecule has 3 rings (SSSR count). The van der Waals surface area contributed by atoms with E-state index < -0.39 is 23.9 Å². The van der Waals surface area contributed by atoms with Gasteiger partial charge in [-0.15, -0.1) is 0 Å². The molecule has 2 heterocycles. The molecule has 1 unspecified atom stereocenters. The van der Waals surface area contributed by atoms with Crippen molar-refractivity contribution in [2.75, 3.05) is 30.5 Å². The molecule has 1 aromatic carbocycles. The number of aromatic nitrogens is 3. The minimum Gasteiger partial charge on any atom is -0.481 e. The summed E-state index contributed by atoms with van der Waals surface area (Å²) in [5, 5.41) is 18.9. The van der Waals surface area contributed by atoms with Gasteiger partial charge in [-0.05, 0) is 30.7 Å². The molecule has 2 aromatic heterocycles. The number of aromatic amines is 1. The number of carbonyl (C=O) groups is 3. The summed E-state index contributed by atoms with van der Waals surface area (Å²) in [5.41, 5.74) is 14.1. The van der Waals surface area contributed by atoms with Crippen molar-refractivity contribution in [1.29, 1.82) is 0 Å². The van der Waals surface area contributed by atoms with Gasteiger partial charge in [0, 0.05) is 50.1 Å². The number of hydrogen-bond donors (Lipinski definition) is 5. The number of aliphatic carboxylic acids is 2. The first-order chi connectivity index (χ1) is 15.6. The Morgan fingerprint density at radius 1 is 1.09 bits per heavy atom. The Morgan fingerprint density at radius 3 is 2.36 bits per heavy atom. The highest BCUT2D eigenvalue weighted by atomic mass is 16.4. The Balaban J connectivity index is 1.73. The number of likely N-dealkylation sites (N-methyl/N-ethyl adjacent to an activating group) is 1. The Morgan fingerprint density at radius 2 is 1.76 bits per heavy atom. The number of amides is 1. The Labute approximate surface area is 188 Å². The zero-order valence-electron chi connectivity index (χ0n) is 18.1. The molecule has 7 N–H and O–H groups in total. The number of hydrogen-bond acceptors (Lipinski definition) is 8. The van der Waals surface area contributed by atoms with Gasteiger partial charge in [0.2, 0.25) is 5.95 Å². The van der Waals surface area contributed by atoms with Gasteiger partial charge in [0.15, 0.2) is 0 Å². The lowest BCUT2D eigenvalue weighted by Crippen LogP contribution is -2.42. The van der Waals surface area contributed by atoms with Crippen LogP contribution in [0.25, 0.3) is 11.0 Å². The van der Waals surface area contributed by atoms with Crippen LogP contribution in [0.4, 0.5) is 17.5 Å². The van der Waals surface area contributed by atoms with E-state index in [1.165, 1.54) is 7.05 Å². The van der Waals surface area contributed by atoms with Crippen LogP contribution >= 0.6 is 0 Å². The number of nitrogens with two attached hydrogens (primary N) is 2. The lowest BCUT2D eigenvalue weighted by atomic mass is 10.1. The number of carboxylic acids is 2. The fourth-order valence-corrected chi connectivity index (χ4v) is 3.56. The molecule has 0 aliphatic heterocycles. The average molecular weight is 455 g/mol. The summed E-state index contributed by atoms with van der Waals surface area (Å²) in [6.07, 6.45) is 1.24. The van der Waals surface area contributed by atoms with Gasteiger partial charge in [0.1, 0.15) is 17.5 Å². The van der Waals surface area contributed by atoms with Crippen molar-refractivity contribution in [1.82, 2.24) is 19.9 Å². The van der Waals surface area contributed by atoms with Crippen LogP contribution in [0.3, 0.4) is 0 Å². The maximum Gasteiger partial charge on any atom is 0.326 e. The highest BCUT2D eigenvalue weighted by molar-refractivity contribution is 5.97. The number of nitrogens with zero attached hydrogens (tertiary/aromatic N) is 4. The topological polar surface area (TPSA) is 192 Å². The molecule has 0 saturated heterocycles. The molecule has 3 aromatic rings. The maximum absolute atomic E-state index is 12.7. The van der Waals surface area contributed by atoms with Crippen LogP contribution in [0.2, 0.25) is 0 Å². The van der Waals surface area contributed by atoms with Crippen LogP contribution in [-0.2, 0) is 16.1 Å². The predicted molar refractivity (Wildman–Crippen MR) is 122 cm³/mol. The second-order valence-corrected chi connectivity index (χ2v) is 7.61. The number of fused-ring (bicyclic) bond motifs is 1. The van der Waals surface area contributed by atoms with Crippen molar-refractivity contribution in [2.24, 2.45) is 0 Å². The van der Waals surface area contributed by atoms with Crippen LogP contribution in [0.15, 0.2) is 30.5 Å². The number of nitrogen functional groups attached to an aromatic ring is 2. The molecule has 12 nitrogen and oxygen atoms in total. The first kappa shape index (κ1) is 23.3. The smallest absolute Gasteiger partial charge is 0.326 e. The third-order valence-corrected chi connectivity index (χ3v) is 5.33. The lowest BCUT2D eigenvalue weighted by molar-refractivity contribution is -0.143. The summed E-state index contributed by atoms with van der Waals surface area (Å²) in [4.78, 5) is 49.2. The molecular formula is C21H25N7O5. The number of rotatable bonds is 9. The summed E-state index contributed by atoms with van der Waals surface area (Å²) in [5.74, 6) is -2.53. The molecule has 1 atom stereocenters. The van der Waals surface area contributed by atoms with E-state index >= 15 is 0 Å². The van der Waals surface area contributed by atoms with Crippen LogP contribution < -0.4 is 16.4 Å². The van der Waals surface area contributed by atoms with Gasteiger partial charge in [-0.3, -0.25) is 9.59 Å². The molecule has 174 valence electrons. The molecule has 0 aliphatic rings. The van der Waals surface area contributed by atoms with E-state index in [-0.39, 0.29) is 30.2 Å². The van der Waals surface area contributed by atoms with E-state index in [1.807, 2.05) is 11.9 Å². The average Bonchev–Trinajstić information content (AvgIpc) is 3.15. The van der Waals surface area contributed by atoms with E-state index in [0.29, 0.717) is 17.6 Å². The van der Waals surface area contributed by atoms with Crippen LogP contribution in [0.5, 0.6) is 0 Å². The van der Waals surface area contributed by atoms with Crippen LogP contribution in [0.1, 0.15) is 28.8 Å². The standard InChI is InChI=1S/C21H25N7O5/c1-27(10-12-9-24-18-16(12)17(22)25-21(23)26-18)13-5-3-11(4-6-13)19(31)28(2)14(20(32)33)7-8-15(29)30/h3-6,9,14H,7-8,10H2,1-2H3,(H,29,30)(H,32,33)(H5,22,23,24,25,26). The monoisotopic (exact) mass is 455 g/mol. The molecular weight excluding hydrogens is 430 g/mol. The summed E-state index contributed by atoms with van der Waals surface area (Å²) in [6.45, 7) is 0.473. The number of anilines is 3. The number of carboxylic acid groups (broad SMARTS) is 2. The largest absolute Gasteiger partial charge is 0.481 e. The third kappa shape index (κ3) is 5.11. The first-order valence-corrected chi connectivity index (χ1v) is 10.0. The molecule has 0 fully saturated rings. The molecule has 0 bridgehead atoms. The highest BCUT2D eigenvalue weighted by Gasteiger charge is 2.27. The van der Waals surface area contributed by atoms with E-state index in [0.717, 1.165) is 16.2 Å². The van der Waals surface area contributed by atoms with Crippen molar-refractivity contribution in [3.05, 3.63) is 41.6 Å². The zero-order chi connectivity index (χ0) is 24.3. The second kappa shape index (κ2) is 9.42. The van der Waals surface area contributed by atoms with Crippen molar-refractivity contribution in [3.8, 4) is 0 Å². The van der Waals surface area contributed by atoms with Crippen molar-refractivity contribution < 1.29 is 24.6 Å². The number of H-pyrrole nitrogens is 1. The lowest BCUT2D eigenvalue weighted by Gasteiger charge is -2.25. The molecule has 0 aliphatic carbocycles. The Hall–Kier alpha value is -4.35. The van der Waals surface area contributed by atoms with Gasteiger partial charge in [0.25, 0.3) is 5.91 Å². The summed E-state index contributed by atoms with van der Waals surface area (Å²) < 4.78 is 0. The SMILES string of the molecule is CN(Cc1c[nH]c2nc(N)nc(N)c12)c1ccc(C(=O)N(C)C(CCC(=O)O)C(=O)O)cc1. The summed E-state index contributed by atoms with van der Waals surface area (Å²) in [7, 11) is 3.21. The molecule has 33 heavy (non-hydrogen) atoms. The van der Waals surface area contributed by atoms with Crippen molar-refractivity contribution in [3.63, 3.8) is 0 Å². The van der Waals surface area contributed by atoms with Gasteiger partial charge in [-0.2, -0.15) is 9.97 Å². The van der Waals surface area contributed by atoms with Gasteiger partial charge in [-0.1, -0.05) is 0 Å². The third-order valence-electron chi connectivity index (χ3n) is 5.33.